The summed E-state index contributed by atoms with van der Waals surface area (Å²) in [6.07, 6.45) is 0. The molecule has 5 heteroatoms. The summed E-state index contributed by atoms with van der Waals surface area (Å²) in [4.78, 5) is 3.98. The van der Waals surface area contributed by atoms with E-state index >= 15 is 0 Å². The van der Waals surface area contributed by atoms with Gasteiger partial charge in [-0.3, -0.25) is 5.43 Å². The molecule has 0 aliphatic carbocycles. The van der Waals surface area contributed by atoms with Gasteiger partial charge in [0, 0.05) is 11.1 Å². The number of halogens is 2. The Kier molecular flexibility index (Phi) is 4.91. The molecule has 0 radical (unpaired) electrons. The van der Waals surface area contributed by atoms with Crippen LogP contribution in [0.1, 0.15) is 11.1 Å². The molecule has 0 saturated heterocycles. The molecule has 0 spiro atoms. The smallest absolute Gasteiger partial charge is 0.131 e. The molecule has 0 saturated carbocycles. The lowest BCUT2D eigenvalue weighted by molar-refractivity contribution is 1.29. The molecule has 23 heavy (non-hydrogen) atoms. The highest BCUT2D eigenvalue weighted by Crippen LogP contribution is 2.19. The second-order valence-corrected chi connectivity index (χ2v) is 5.58. The number of pyridine rings is 1. The predicted octanol–water partition coefficient (Wildman–Crippen LogP) is 5.25. The molecule has 0 aliphatic heterocycles. The molecule has 0 fully saturated rings. The van der Waals surface area contributed by atoms with Crippen LogP contribution in [0.25, 0.3) is 0 Å². The van der Waals surface area contributed by atoms with Crippen LogP contribution in [0, 0.1) is 0 Å². The maximum atomic E-state index is 6.03. The Morgan fingerprint density at radius 2 is 1.35 bits per heavy atom. The predicted molar refractivity (Wildman–Crippen MR) is 96.4 cm³/mol. The highest BCUT2D eigenvalue weighted by Gasteiger charge is 2.10. The number of anilines is 1. The first kappa shape index (κ1) is 15.5. The van der Waals surface area contributed by atoms with Gasteiger partial charge in [0.05, 0.1) is 11.4 Å². The first-order valence-corrected chi connectivity index (χ1v) is 7.75. The summed E-state index contributed by atoms with van der Waals surface area (Å²) in [6, 6.07) is 23.0. The van der Waals surface area contributed by atoms with Gasteiger partial charge >= 0.3 is 0 Å². The standard InChI is InChI=1S/C18H13Cl2N3/c19-16-11-14(12-17(20)21-16)18(13-7-3-1-4-8-13)23-22-15-9-5-2-6-10-15/h1-12,22H/b23-18+. The molecule has 1 heterocycles. The van der Waals surface area contributed by atoms with Crippen LogP contribution in [-0.4, -0.2) is 10.7 Å². The monoisotopic (exact) mass is 341 g/mol. The van der Waals surface area contributed by atoms with Crippen molar-refractivity contribution in [2.75, 3.05) is 5.43 Å². The van der Waals surface area contributed by atoms with Gasteiger partial charge in [-0.1, -0.05) is 71.7 Å². The van der Waals surface area contributed by atoms with Gasteiger partial charge in [-0.15, -0.1) is 0 Å². The topological polar surface area (TPSA) is 37.3 Å². The fourth-order valence-corrected chi connectivity index (χ4v) is 2.59. The van der Waals surface area contributed by atoms with Gasteiger partial charge in [0.25, 0.3) is 0 Å². The molecule has 3 rings (SSSR count). The Morgan fingerprint density at radius 1 is 0.783 bits per heavy atom. The highest BCUT2D eigenvalue weighted by atomic mass is 35.5. The van der Waals surface area contributed by atoms with Crippen LogP contribution in [0.2, 0.25) is 10.3 Å². The molecule has 114 valence electrons. The summed E-state index contributed by atoms with van der Waals surface area (Å²) in [6.45, 7) is 0. The molecule has 0 bridgehead atoms. The number of hydrogen-bond acceptors (Lipinski definition) is 3. The van der Waals surface area contributed by atoms with Gasteiger partial charge in [0.1, 0.15) is 10.3 Å². The minimum atomic E-state index is 0.329. The van der Waals surface area contributed by atoms with Crippen molar-refractivity contribution >= 4 is 34.6 Å². The molecule has 1 aromatic heterocycles. The van der Waals surface area contributed by atoms with Crippen molar-refractivity contribution < 1.29 is 0 Å². The lowest BCUT2D eigenvalue weighted by atomic mass is 10.0. The minimum absolute atomic E-state index is 0.329. The number of nitrogens with zero attached hydrogens (tertiary/aromatic N) is 2. The number of nitrogens with one attached hydrogen (secondary N) is 1. The Hall–Kier alpha value is -2.36. The first-order chi connectivity index (χ1) is 11.2. The van der Waals surface area contributed by atoms with Gasteiger partial charge < -0.3 is 0 Å². The third-order valence-electron chi connectivity index (χ3n) is 3.15. The van der Waals surface area contributed by atoms with Crippen LogP contribution in [0.4, 0.5) is 5.69 Å². The van der Waals surface area contributed by atoms with Crippen molar-refractivity contribution in [1.82, 2.24) is 4.98 Å². The van der Waals surface area contributed by atoms with Gasteiger partial charge in [-0.05, 0) is 24.3 Å². The van der Waals surface area contributed by atoms with E-state index in [1.807, 2.05) is 60.7 Å². The van der Waals surface area contributed by atoms with E-state index in [4.69, 9.17) is 23.2 Å². The number of hydrazone groups is 1. The van der Waals surface area contributed by atoms with Gasteiger partial charge in [-0.2, -0.15) is 5.10 Å². The van der Waals surface area contributed by atoms with Crippen molar-refractivity contribution in [2.45, 2.75) is 0 Å². The van der Waals surface area contributed by atoms with Crippen LogP contribution in [0.3, 0.4) is 0 Å². The van der Waals surface area contributed by atoms with E-state index in [1.165, 1.54) is 0 Å². The lowest BCUT2D eigenvalue weighted by Gasteiger charge is -2.09. The molecule has 1 N–H and O–H groups in total. The third-order valence-corrected chi connectivity index (χ3v) is 3.54. The number of aromatic nitrogens is 1. The van der Waals surface area contributed by atoms with Crippen molar-refractivity contribution in [3.8, 4) is 0 Å². The van der Waals surface area contributed by atoms with E-state index in [2.05, 4.69) is 15.5 Å². The van der Waals surface area contributed by atoms with Gasteiger partial charge in [-0.25, -0.2) is 4.98 Å². The summed E-state index contributed by atoms with van der Waals surface area (Å²) in [5.41, 5.74) is 6.44. The largest absolute Gasteiger partial charge is 0.278 e. The van der Waals surface area contributed by atoms with E-state index in [0.29, 0.717) is 10.3 Å². The molecular weight excluding hydrogens is 329 g/mol. The highest BCUT2D eigenvalue weighted by molar-refractivity contribution is 6.33. The van der Waals surface area contributed by atoms with Crippen LogP contribution < -0.4 is 5.43 Å². The zero-order chi connectivity index (χ0) is 16.1. The quantitative estimate of drug-likeness (QED) is 0.399. The third kappa shape index (κ3) is 4.09. The van der Waals surface area contributed by atoms with Gasteiger partial charge in [0.15, 0.2) is 0 Å². The maximum Gasteiger partial charge on any atom is 0.131 e. The molecule has 0 unspecified atom stereocenters. The second kappa shape index (κ2) is 7.27. The Bertz CT molecular complexity index is 798. The Balaban J connectivity index is 2.03. The van der Waals surface area contributed by atoms with Crippen molar-refractivity contribution in [3.05, 3.63) is 94.2 Å². The fraction of sp³-hybridized carbons (Fsp3) is 0. The molecule has 2 aromatic carbocycles. The number of benzene rings is 2. The normalized spacial score (nSPS) is 11.3. The minimum Gasteiger partial charge on any atom is -0.278 e. The summed E-state index contributed by atoms with van der Waals surface area (Å²) in [5, 5.41) is 5.20. The Morgan fingerprint density at radius 3 is 1.96 bits per heavy atom. The molecule has 0 atom stereocenters. The zero-order valence-electron chi connectivity index (χ0n) is 12.1. The SMILES string of the molecule is Clc1cc(/C(=N/Nc2ccccc2)c2ccccc2)cc(Cl)n1. The van der Waals surface area contributed by atoms with E-state index in [-0.39, 0.29) is 0 Å². The maximum absolute atomic E-state index is 6.03. The van der Waals surface area contributed by atoms with E-state index in [1.54, 1.807) is 12.1 Å². The van der Waals surface area contributed by atoms with E-state index in [0.717, 1.165) is 22.5 Å². The first-order valence-electron chi connectivity index (χ1n) is 7.00. The van der Waals surface area contributed by atoms with Crippen LogP contribution >= 0.6 is 23.2 Å². The summed E-state index contributed by atoms with van der Waals surface area (Å²) in [5.74, 6) is 0. The molecule has 3 nitrogen and oxygen atoms in total. The molecule has 0 amide bonds. The molecule has 3 aromatic rings. The average molecular weight is 342 g/mol. The van der Waals surface area contributed by atoms with Crippen LogP contribution in [0.15, 0.2) is 77.9 Å². The molecule has 0 aliphatic rings. The van der Waals surface area contributed by atoms with Crippen LogP contribution in [0.5, 0.6) is 0 Å². The zero-order valence-corrected chi connectivity index (χ0v) is 13.6. The van der Waals surface area contributed by atoms with Gasteiger partial charge in [0.2, 0.25) is 0 Å². The number of para-hydroxylation sites is 1. The summed E-state index contributed by atoms with van der Waals surface area (Å²) < 4.78 is 0. The molecular formula is C18H13Cl2N3. The van der Waals surface area contributed by atoms with Crippen LogP contribution in [-0.2, 0) is 0 Å². The van der Waals surface area contributed by atoms with E-state index in [9.17, 15) is 0 Å². The fourth-order valence-electron chi connectivity index (χ4n) is 2.13. The number of hydrogen-bond donors (Lipinski definition) is 1. The lowest BCUT2D eigenvalue weighted by Crippen LogP contribution is -2.07. The summed E-state index contributed by atoms with van der Waals surface area (Å²) in [7, 11) is 0. The van der Waals surface area contributed by atoms with Crippen molar-refractivity contribution in [2.24, 2.45) is 5.10 Å². The van der Waals surface area contributed by atoms with Crippen molar-refractivity contribution in [3.63, 3.8) is 0 Å². The van der Waals surface area contributed by atoms with Crippen molar-refractivity contribution in [1.29, 1.82) is 0 Å². The summed E-state index contributed by atoms with van der Waals surface area (Å²) >= 11 is 12.1. The average Bonchev–Trinajstić information content (AvgIpc) is 2.56. The van der Waals surface area contributed by atoms with E-state index < -0.39 is 0 Å². The Labute approximate surface area is 144 Å². The number of rotatable bonds is 4. The second-order valence-electron chi connectivity index (χ2n) is 4.81.